The van der Waals surface area contributed by atoms with E-state index in [1.54, 1.807) is 0 Å². The number of rotatable bonds is 8. The Morgan fingerprint density at radius 1 is 1.29 bits per heavy atom. The van der Waals surface area contributed by atoms with Crippen molar-refractivity contribution >= 4 is 12.0 Å². The number of methoxy groups -OCH3 is 1. The van der Waals surface area contributed by atoms with Gasteiger partial charge in [0.05, 0.1) is 6.61 Å². The van der Waals surface area contributed by atoms with Gasteiger partial charge in [-0.1, -0.05) is 12.8 Å². The predicted molar refractivity (Wildman–Crippen MR) is 79.4 cm³/mol. The van der Waals surface area contributed by atoms with Crippen LogP contribution in [0, 0.1) is 0 Å². The number of amides is 2. The highest BCUT2D eigenvalue weighted by Gasteiger charge is 2.36. The van der Waals surface area contributed by atoms with E-state index in [0.717, 1.165) is 25.7 Å². The molecule has 1 aliphatic rings. The zero-order valence-corrected chi connectivity index (χ0v) is 13.2. The SMILES string of the molecule is COCCN(CC(=O)O)C(=O)NCC1(N(C)C)CCCC1. The van der Waals surface area contributed by atoms with Gasteiger partial charge in [0, 0.05) is 25.7 Å². The molecule has 2 amide bonds. The summed E-state index contributed by atoms with van der Waals surface area (Å²) >= 11 is 0. The number of urea groups is 1. The van der Waals surface area contributed by atoms with Crippen molar-refractivity contribution in [2.45, 2.75) is 31.2 Å². The topological polar surface area (TPSA) is 82.1 Å². The number of hydrogen-bond acceptors (Lipinski definition) is 4. The molecular formula is C14H27N3O4. The van der Waals surface area contributed by atoms with E-state index < -0.39 is 5.97 Å². The Hall–Kier alpha value is -1.34. The van der Waals surface area contributed by atoms with Crippen LogP contribution in [0.25, 0.3) is 0 Å². The number of nitrogens with zero attached hydrogens (tertiary/aromatic N) is 2. The molecule has 7 nitrogen and oxygen atoms in total. The number of carboxylic acid groups (broad SMARTS) is 1. The van der Waals surface area contributed by atoms with Gasteiger partial charge in [-0.2, -0.15) is 0 Å². The maximum Gasteiger partial charge on any atom is 0.323 e. The standard InChI is InChI=1S/C14H27N3O4/c1-16(2)14(6-4-5-7-14)11-15-13(20)17(8-9-21-3)10-12(18)19/h4-11H2,1-3H3,(H,15,20)(H,18,19). The molecule has 0 aromatic heterocycles. The lowest BCUT2D eigenvalue weighted by molar-refractivity contribution is -0.137. The molecule has 1 fully saturated rings. The molecule has 0 unspecified atom stereocenters. The lowest BCUT2D eigenvalue weighted by atomic mass is 9.96. The molecule has 122 valence electrons. The summed E-state index contributed by atoms with van der Waals surface area (Å²) < 4.78 is 4.92. The van der Waals surface area contributed by atoms with Crippen LogP contribution < -0.4 is 5.32 Å². The van der Waals surface area contributed by atoms with E-state index in [0.29, 0.717) is 13.2 Å². The number of aliphatic carboxylic acids is 1. The molecule has 0 aromatic carbocycles. The summed E-state index contributed by atoms with van der Waals surface area (Å²) in [6, 6.07) is -0.345. The van der Waals surface area contributed by atoms with Gasteiger partial charge in [-0.15, -0.1) is 0 Å². The minimum absolute atomic E-state index is 0.00813. The monoisotopic (exact) mass is 301 g/mol. The average Bonchev–Trinajstić information content (AvgIpc) is 2.90. The quantitative estimate of drug-likeness (QED) is 0.686. The molecule has 0 spiro atoms. The number of hydrogen-bond donors (Lipinski definition) is 2. The Bertz CT molecular complexity index is 354. The van der Waals surface area contributed by atoms with Gasteiger partial charge in [-0.3, -0.25) is 4.79 Å². The van der Waals surface area contributed by atoms with Crippen molar-refractivity contribution in [3.8, 4) is 0 Å². The van der Waals surface area contributed by atoms with Crippen LogP contribution in [-0.4, -0.2) is 79.9 Å². The van der Waals surface area contributed by atoms with Gasteiger partial charge in [0.2, 0.25) is 0 Å². The summed E-state index contributed by atoms with van der Waals surface area (Å²) in [4.78, 5) is 26.5. The fourth-order valence-electron chi connectivity index (χ4n) is 2.78. The lowest BCUT2D eigenvalue weighted by Gasteiger charge is -2.37. The van der Waals surface area contributed by atoms with Gasteiger partial charge in [0.15, 0.2) is 0 Å². The van der Waals surface area contributed by atoms with E-state index in [-0.39, 0.29) is 24.7 Å². The number of carbonyl (C=O) groups is 2. The largest absolute Gasteiger partial charge is 0.480 e. The third-order valence-electron chi connectivity index (χ3n) is 4.23. The predicted octanol–water partition coefficient (Wildman–Crippen LogP) is 0.603. The van der Waals surface area contributed by atoms with Crippen LogP contribution >= 0.6 is 0 Å². The second-order valence-corrected chi connectivity index (χ2v) is 5.79. The third kappa shape index (κ3) is 5.17. The molecule has 0 aliphatic heterocycles. The van der Waals surface area contributed by atoms with Crippen molar-refractivity contribution in [3.05, 3.63) is 0 Å². The highest BCUT2D eigenvalue weighted by molar-refractivity contribution is 5.80. The zero-order chi connectivity index (χ0) is 15.9. The van der Waals surface area contributed by atoms with Gasteiger partial charge >= 0.3 is 12.0 Å². The number of likely N-dealkylation sites (N-methyl/N-ethyl adjacent to an activating group) is 1. The number of carbonyl (C=O) groups excluding carboxylic acids is 1. The Morgan fingerprint density at radius 2 is 1.90 bits per heavy atom. The van der Waals surface area contributed by atoms with Crippen molar-refractivity contribution in [3.63, 3.8) is 0 Å². The second kappa shape index (κ2) is 8.19. The first-order valence-corrected chi connectivity index (χ1v) is 7.32. The summed E-state index contributed by atoms with van der Waals surface area (Å²) in [6.45, 7) is 0.815. The first-order chi connectivity index (χ1) is 9.91. The summed E-state index contributed by atoms with van der Waals surface area (Å²) in [5.74, 6) is -1.02. The van der Waals surface area contributed by atoms with Crippen LogP contribution in [0.3, 0.4) is 0 Å². The molecule has 0 heterocycles. The molecule has 0 radical (unpaired) electrons. The van der Waals surface area contributed by atoms with Gasteiger partial charge in [-0.25, -0.2) is 4.79 Å². The molecule has 21 heavy (non-hydrogen) atoms. The highest BCUT2D eigenvalue weighted by Crippen LogP contribution is 2.33. The van der Waals surface area contributed by atoms with E-state index >= 15 is 0 Å². The maximum atomic E-state index is 12.2. The molecule has 7 heteroatoms. The molecule has 1 saturated carbocycles. The first-order valence-electron chi connectivity index (χ1n) is 7.32. The second-order valence-electron chi connectivity index (χ2n) is 5.79. The van der Waals surface area contributed by atoms with Crippen LogP contribution in [0.2, 0.25) is 0 Å². The van der Waals surface area contributed by atoms with Crippen molar-refractivity contribution in [1.82, 2.24) is 15.1 Å². The molecule has 0 aromatic rings. The molecular weight excluding hydrogens is 274 g/mol. The Balaban J connectivity index is 2.57. The summed E-state index contributed by atoms with van der Waals surface area (Å²) in [5, 5.41) is 11.8. The number of carboxylic acids is 1. The van der Waals surface area contributed by atoms with Gasteiger partial charge in [0.1, 0.15) is 6.54 Å². The Kier molecular flexibility index (Phi) is 6.91. The fourth-order valence-corrected chi connectivity index (χ4v) is 2.78. The van der Waals surface area contributed by atoms with Crippen molar-refractivity contribution < 1.29 is 19.4 Å². The molecule has 0 atom stereocenters. The smallest absolute Gasteiger partial charge is 0.323 e. The lowest BCUT2D eigenvalue weighted by Crippen LogP contribution is -2.54. The molecule has 0 bridgehead atoms. The minimum Gasteiger partial charge on any atom is -0.480 e. The van der Waals surface area contributed by atoms with Crippen molar-refractivity contribution in [2.75, 3.05) is 47.4 Å². The first kappa shape index (κ1) is 17.7. The van der Waals surface area contributed by atoms with E-state index in [9.17, 15) is 9.59 Å². The molecule has 1 aliphatic carbocycles. The Labute approximate surface area is 126 Å². The average molecular weight is 301 g/mol. The van der Waals surface area contributed by atoms with Gasteiger partial charge < -0.3 is 25.0 Å². The van der Waals surface area contributed by atoms with Crippen molar-refractivity contribution in [1.29, 1.82) is 0 Å². The van der Waals surface area contributed by atoms with Crippen LogP contribution in [0.4, 0.5) is 4.79 Å². The van der Waals surface area contributed by atoms with Crippen LogP contribution in [0.5, 0.6) is 0 Å². The van der Waals surface area contributed by atoms with E-state index in [1.165, 1.54) is 12.0 Å². The Morgan fingerprint density at radius 3 is 2.38 bits per heavy atom. The summed E-state index contributed by atoms with van der Waals surface area (Å²) in [5.41, 5.74) is -0.00813. The maximum absolute atomic E-state index is 12.2. The zero-order valence-electron chi connectivity index (χ0n) is 13.2. The minimum atomic E-state index is -1.02. The number of nitrogens with one attached hydrogen (secondary N) is 1. The normalized spacial score (nSPS) is 17.0. The molecule has 1 rings (SSSR count). The summed E-state index contributed by atoms with van der Waals surface area (Å²) in [7, 11) is 5.57. The van der Waals surface area contributed by atoms with Crippen molar-refractivity contribution in [2.24, 2.45) is 0 Å². The van der Waals surface area contributed by atoms with Crippen LogP contribution in [0.15, 0.2) is 0 Å². The van der Waals surface area contributed by atoms with E-state index in [1.807, 2.05) is 14.1 Å². The van der Waals surface area contributed by atoms with Gasteiger partial charge in [-0.05, 0) is 26.9 Å². The van der Waals surface area contributed by atoms with E-state index in [2.05, 4.69) is 10.2 Å². The number of ether oxygens (including phenoxy) is 1. The van der Waals surface area contributed by atoms with E-state index in [4.69, 9.17) is 9.84 Å². The molecule has 0 saturated heterocycles. The van der Waals surface area contributed by atoms with Gasteiger partial charge in [0.25, 0.3) is 0 Å². The third-order valence-corrected chi connectivity index (χ3v) is 4.23. The fraction of sp³-hybridized carbons (Fsp3) is 0.857. The molecule has 2 N–H and O–H groups in total. The summed E-state index contributed by atoms with van der Waals surface area (Å²) in [6.07, 6.45) is 4.43. The van der Waals surface area contributed by atoms with Crippen LogP contribution in [-0.2, 0) is 9.53 Å². The van der Waals surface area contributed by atoms with Crippen LogP contribution in [0.1, 0.15) is 25.7 Å². The highest BCUT2D eigenvalue weighted by atomic mass is 16.5.